The van der Waals surface area contributed by atoms with Gasteiger partial charge in [-0.05, 0) is 22.8 Å². The Bertz CT molecular complexity index is 644. The molecule has 21 heavy (non-hydrogen) atoms. The van der Waals surface area contributed by atoms with Crippen LogP contribution < -0.4 is 0 Å². The summed E-state index contributed by atoms with van der Waals surface area (Å²) in [6.07, 6.45) is 1.97. The number of nitrogens with zero attached hydrogens (tertiary/aromatic N) is 3. The molecule has 108 valence electrons. The topological polar surface area (TPSA) is 19.4 Å². The molecule has 2 aliphatic heterocycles. The fraction of sp³-hybridized carbons (Fsp3) is 0.353. The standard InChI is InChI=1S/C17H18ClN3/c18-17-8-14-11-21-7-6-20(10-13-4-2-1-3-5-13)12-16(21)15(14)9-19-17/h1-5,8-9,16H,6-7,10-12H2. The summed E-state index contributed by atoms with van der Waals surface area (Å²) in [6.45, 7) is 5.36. The van der Waals surface area contributed by atoms with Crippen molar-refractivity contribution in [2.75, 3.05) is 19.6 Å². The van der Waals surface area contributed by atoms with Crippen LogP contribution >= 0.6 is 11.6 Å². The number of benzene rings is 1. The molecule has 1 unspecified atom stereocenters. The van der Waals surface area contributed by atoms with Gasteiger partial charge in [0.25, 0.3) is 0 Å². The Morgan fingerprint density at radius 1 is 1.19 bits per heavy atom. The predicted octanol–water partition coefficient (Wildman–Crippen LogP) is 3.11. The van der Waals surface area contributed by atoms with Crippen LogP contribution in [0.2, 0.25) is 5.15 Å². The van der Waals surface area contributed by atoms with Crippen LogP contribution in [0.25, 0.3) is 0 Å². The van der Waals surface area contributed by atoms with Gasteiger partial charge in [-0.15, -0.1) is 0 Å². The Labute approximate surface area is 130 Å². The van der Waals surface area contributed by atoms with Crippen molar-refractivity contribution in [3.8, 4) is 0 Å². The normalized spacial score (nSPS) is 22.0. The van der Waals surface area contributed by atoms with Gasteiger partial charge in [-0.3, -0.25) is 9.80 Å². The highest BCUT2D eigenvalue weighted by atomic mass is 35.5. The molecule has 1 saturated heterocycles. The van der Waals surface area contributed by atoms with Crippen molar-refractivity contribution < 1.29 is 0 Å². The Morgan fingerprint density at radius 3 is 2.90 bits per heavy atom. The summed E-state index contributed by atoms with van der Waals surface area (Å²) in [6, 6.07) is 13.2. The first-order chi connectivity index (χ1) is 10.3. The lowest BCUT2D eigenvalue weighted by Gasteiger charge is -2.37. The summed E-state index contributed by atoms with van der Waals surface area (Å²) < 4.78 is 0. The molecule has 3 heterocycles. The zero-order valence-corrected chi connectivity index (χ0v) is 12.6. The van der Waals surface area contributed by atoms with Crippen molar-refractivity contribution in [1.29, 1.82) is 0 Å². The van der Waals surface area contributed by atoms with Gasteiger partial charge in [0, 0.05) is 45.0 Å². The van der Waals surface area contributed by atoms with Crippen LogP contribution in [0.4, 0.5) is 0 Å². The third-order valence-corrected chi connectivity index (χ3v) is 4.75. The van der Waals surface area contributed by atoms with E-state index in [1.165, 1.54) is 16.7 Å². The SMILES string of the molecule is Clc1cc2c(cn1)C1CN(Cc3ccccc3)CCN1C2. The Hall–Kier alpha value is -1.42. The third-order valence-electron chi connectivity index (χ3n) is 4.55. The van der Waals surface area contributed by atoms with Crippen LogP contribution in [-0.2, 0) is 13.1 Å². The van der Waals surface area contributed by atoms with Gasteiger partial charge in [0.1, 0.15) is 5.15 Å². The molecule has 0 bridgehead atoms. The fourth-order valence-corrected chi connectivity index (χ4v) is 3.66. The largest absolute Gasteiger partial charge is 0.296 e. The number of rotatable bonds is 2. The molecular weight excluding hydrogens is 282 g/mol. The molecule has 0 saturated carbocycles. The molecule has 0 aliphatic carbocycles. The summed E-state index contributed by atoms with van der Waals surface area (Å²) in [7, 11) is 0. The first kappa shape index (κ1) is 13.3. The van der Waals surface area contributed by atoms with Crippen LogP contribution in [-0.4, -0.2) is 34.4 Å². The van der Waals surface area contributed by atoms with Gasteiger partial charge >= 0.3 is 0 Å². The molecule has 0 N–H and O–H groups in total. The zero-order chi connectivity index (χ0) is 14.2. The minimum absolute atomic E-state index is 0.474. The number of halogens is 1. The number of hydrogen-bond acceptors (Lipinski definition) is 3. The van der Waals surface area contributed by atoms with Crippen molar-refractivity contribution >= 4 is 11.6 Å². The number of hydrogen-bond donors (Lipinski definition) is 0. The summed E-state index contributed by atoms with van der Waals surface area (Å²) in [5, 5.41) is 0.606. The molecule has 1 atom stereocenters. The molecule has 4 heteroatoms. The lowest BCUT2D eigenvalue weighted by atomic mass is 10.1. The van der Waals surface area contributed by atoms with Crippen molar-refractivity contribution in [1.82, 2.24) is 14.8 Å². The zero-order valence-electron chi connectivity index (χ0n) is 11.9. The molecule has 4 rings (SSSR count). The summed E-state index contributed by atoms with van der Waals surface area (Å²) in [5.41, 5.74) is 4.09. The van der Waals surface area contributed by atoms with Gasteiger partial charge in [0.2, 0.25) is 0 Å². The highest BCUT2D eigenvalue weighted by Gasteiger charge is 2.35. The average Bonchev–Trinajstić information content (AvgIpc) is 2.85. The lowest BCUT2D eigenvalue weighted by Crippen LogP contribution is -2.44. The highest BCUT2D eigenvalue weighted by Crippen LogP contribution is 2.36. The first-order valence-electron chi connectivity index (χ1n) is 7.44. The van der Waals surface area contributed by atoms with Crippen LogP contribution in [0.3, 0.4) is 0 Å². The molecule has 0 radical (unpaired) electrons. The maximum atomic E-state index is 6.02. The van der Waals surface area contributed by atoms with E-state index in [0.29, 0.717) is 11.2 Å². The average molecular weight is 300 g/mol. The molecule has 1 fully saturated rings. The van der Waals surface area contributed by atoms with E-state index in [1.54, 1.807) is 0 Å². The Balaban J connectivity index is 1.52. The quantitative estimate of drug-likeness (QED) is 0.794. The van der Waals surface area contributed by atoms with E-state index < -0.39 is 0 Å². The monoisotopic (exact) mass is 299 g/mol. The summed E-state index contributed by atoms with van der Waals surface area (Å²) in [4.78, 5) is 9.36. The number of piperazine rings is 1. The van der Waals surface area contributed by atoms with E-state index in [0.717, 1.165) is 32.7 Å². The molecule has 0 amide bonds. The Kier molecular flexibility index (Phi) is 3.42. The Morgan fingerprint density at radius 2 is 2.05 bits per heavy atom. The van der Waals surface area contributed by atoms with E-state index in [-0.39, 0.29) is 0 Å². The van der Waals surface area contributed by atoms with E-state index >= 15 is 0 Å². The van der Waals surface area contributed by atoms with Crippen LogP contribution in [0, 0.1) is 0 Å². The molecule has 2 aliphatic rings. The van der Waals surface area contributed by atoms with E-state index in [4.69, 9.17) is 11.6 Å². The van der Waals surface area contributed by atoms with Crippen molar-refractivity contribution in [3.05, 3.63) is 64.4 Å². The smallest absolute Gasteiger partial charge is 0.129 e. The maximum absolute atomic E-state index is 6.02. The molecule has 0 spiro atoms. The van der Waals surface area contributed by atoms with Crippen molar-refractivity contribution in [2.45, 2.75) is 19.1 Å². The second-order valence-corrected chi connectivity index (χ2v) is 6.30. The van der Waals surface area contributed by atoms with Gasteiger partial charge in [-0.1, -0.05) is 41.9 Å². The first-order valence-corrected chi connectivity index (χ1v) is 7.82. The summed E-state index contributed by atoms with van der Waals surface area (Å²) in [5.74, 6) is 0. The van der Waals surface area contributed by atoms with Gasteiger partial charge in [0.05, 0.1) is 0 Å². The number of aromatic nitrogens is 1. The van der Waals surface area contributed by atoms with Gasteiger partial charge in [0.15, 0.2) is 0 Å². The molecule has 2 aromatic rings. The van der Waals surface area contributed by atoms with Crippen molar-refractivity contribution in [2.24, 2.45) is 0 Å². The molecular formula is C17H18ClN3. The second kappa shape index (κ2) is 5.41. The van der Waals surface area contributed by atoms with E-state index in [1.807, 2.05) is 12.3 Å². The third kappa shape index (κ3) is 2.57. The van der Waals surface area contributed by atoms with Crippen LogP contribution in [0.15, 0.2) is 42.6 Å². The lowest BCUT2D eigenvalue weighted by molar-refractivity contribution is 0.0786. The number of fused-ring (bicyclic) bond motifs is 3. The number of pyridine rings is 1. The molecule has 3 nitrogen and oxygen atoms in total. The van der Waals surface area contributed by atoms with Gasteiger partial charge in [-0.25, -0.2) is 4.98 Å². The minimum Gasteiger partial charge on any atom is -0.296 e. The van der Waals surface area contributed by atoms with Crippen LogP contribution in [0.1, 0.15) is 22.7 Å². The van der Waals surface area contributed by atoms with Crippen LogP contribution in [0.5, 0.6) is 0 Å². The van der Waals surface area contributed by atoms with E-state index in [9.17, 15) is 0 Å². The molecule has 1 aromatic carbocycles. The second-order valence-electron chi connectivity index (χ2n) is 5.91. The molecule has 1 aromatic heterocycles. The summed E-state index contributed by atoms with van der Waals surface area (Å²) >= 11 is 6.02. The predicted molar refractivity (Wildman–Crippen MR) is 84.1 cm³/mol. The highest BCUT2D eigenvalue weighted by molar-refractivity contribution is 6.29. The van der Waals surface area contributed by atoms with Gasteiger partial charge < -0.3 is 0 Å². The fourth-order valence-electron chi connectivity index (χ4n) is 3.48. The van der Waals surface area contributed by atoms with Gasteiger partial charge in [-0.2, -0.15) is 0 Å². The van der Waals surface area contributed by atoms with E-state index in [2.05, 4.69) is 45.1 Å². The minimum atomic E-state index is 0.474. The maximum Gasteiger partial charge on any atom is 0.129 e. The van der Waals surface area contributed by atoms with Crippen molar-refractivity contribution in [3.63, 3.8) is 0 Å².